The normalized spacial score (nSPS) is 26.1. The second-order valence-corrected chi connectivity index (χ2v) is 11.8. The molecule has 204 valence electrons. The van der Waals surface area contributed by atoms with Gasteiger partial charge in [-0.15, -0.1) is 0 Å². The first-order valence-corrected chi connectivity index (χ1v) is 14.4. The number of piperidine rings is 3. The summed E-state index contributed by atoms with van der Waals surface area (Å²) in [7, 11) is 2.24. The molecule has 0 saturated carbocycles. The van der Waals surface area contributed by atoms with Gasteiger partial charge in [0.2, 0.25) is 0 Å². The van der Waals surface area contributed by atoms with Gasteiger partial charge in [0.15, 0.2) is 0 Å². The van der Waals surface area contributed by atoms with Crippen LogP contribution < -0.4 is 16.0 Å². The zero-order valence-electron chi connectivity index (χ0n) is 23.2. The molecule has 3 heterocycles. The van der Waals surface area contributed by atoms with E-state index in [-0.39, 0.29) is 6.04 Å². The third-order valence-electron chi connectivity index (χ3n) is 9.02. The highest BCUT2D eigenvalue weighted by atomic mass is 16.2. The zero-order valence-corrected chi connectivity index (χ0v) is 23.2. The van der Waals surface area contributed by atoms with Crippen molar-refractivity contribution in [2.45, 2.75) is 52.0 Å². The van der Waals surface area contributed by atoms with Crippen LogP contribution >= 0.6 is 0 Å². The van der Waals surface area contributed by atoms with E-state index in [9.17, 15) is 9.59 Å². The number of rotatable bonds is 4. The van der Waals surface area contributed by atoms with Gasteiger partial charge in [-0.05, 0) is 105 Å². The van der Waals surface area contributed by atoms with Crippen molar-refractivity contribution in [3.63, 3.8) is 0 Å². The van der Waals surface area contributed by atoms with Crippen LogP contribution in [0.5, 0.6) is 0 Å². The number of likely N-dealkylation sites (tertiary alicyclic amines) is 2. The van der Waals surface area contributed by atoms with Crippen LogP contribution in [-0.4, -0.2) is 61.4 Å². The van der Waals surface area contributed by atoms with Gasteiger partial charge in [-0.1, -0.05) is 26.0 Å². The van der Waals surface area contributed by atoms with Crippen molar-refractivity contribution < 1.29 is 9.59 Å². The topological polar surface area (TPSA) is 81.9 Å². The summed E-state index contributed by atoms with van der Waals surface area (Å²) in [6, 6.07) is 14.1. The van der Waals surface area contributed by atoms with Crippen LogP contribution in [0.3, 0.4) is 0 Å². The minimum Gasteiger partial charge on any atom is -0.399 e. The Morgan fingerprint density at radius 3 is 2.47 bits per heavy atom. The number of nitrogens with one attached hydrogen (secondary N) is 1. The largest absolute Gasteiger partial charge is 0.399 e. The molecule has 0 unspecified atom stereocenters. The number of aryl methyl sites for hydroxylation is 1. The van der Waals surface area contributed by atoms with Gasteiger partial charge < -0.3 is 25.8 Å². The van der Waals surface area contributed by atoms with Gasteiger partial charge in [-0.2, -0.15) is 0 Å². The van der Waals surface area contributed by atoms with E-state index in [1.165, 1.54) is 31.6 Å². The quantitative estimate of drug-likeness (QED) is 0.459. The van der Waals surface area contributed by atoms with E-state index < -0.39 is 11.8 Å². The minimum atomic E-state index is -0.590. The molecule has 0 bridgehead atoms. The highest BCUT2D eigenvalue weighted by Gasteiger charge is 2.35. The number of hydrogen-bond donors (Lipinski definition) is 2. The summed E-state index contributed by atoms with van der Waals surface area (Å²) in [6.07, 6.45) is 5.26. The maximum atomic E-state index is 13.4. The number of nitrogens with zero attached hydrogens (tertiary/aromatic N) is 3. The van der Waals surface area contributed by atoms with Crippen LogP contribution in [0.2, 0.25) is 0 Å². The van der Waals surface area contributed by atoms with Gasteiger partial charge in [-0.3, -0.25) is 9.59 Å². The van der Waals surface area contributed by atoms with Crippen LogP contribution in [0.15, 0.2) is 42.5 Å². The van der Waals surface area contributed by atoms with Crippen LogP contribution in [0.1, 0.15) is 56.7 Å². The number of carbonyl (C=O) groups excluding carboxylic acids is 2. The van der Waals surface area contributed by atoms with E-state index >= 15 is 0 Å². The highest BCUT2D eigenvalue weighted by Crippen LogP contribution is 2.36. The molecule has 5 rings (SSSR count). The second kappa shape index (κ2) is 11.4. The standard InChI is InChI=1S/C31H43N5O2/c1-4-22-17-26(8-11-28(22)32)33-30(37)31(38)36-18-21(2)5-12-29(36)24-6-9-27(10-7-24)35-16-14-23-13-15-34(3)19-25(23)20-35/h6-11,17,21,23,25,29H,4-5,12-16,18-20,32H2,1-3H3,(H,33,37)/t21-,23-,25+,29+/m0/s1. The first-order valence-electron chi connectivity index (χ1n) is 14.4. The van der Waals surface area contributed by atoms with Crippen molar-refractivity contribution in [3.8, 4) is 0 Å². The van der Waals surface area contributed by atoms with E-state index in [0.29, 0.717) is 23.8 Å². The van der Waals surface area contributed by atoms with E-state index in [1.807, 2.05) is 13.0 Å². The number of nitrogen functional groups attached to an aromatic ring is 1. The smallest absolute Gasteiger partial charge is 0.313 e. The lowest BCUT2D eigenvalue weighted by Gasteiger charge is -2.45. The van der Waals surface area contributed by atoms with Crippen molar-refractivity contribution >= 4 is 28.9 Å². The lowest BCUT2D eigenvalue weighted by molar-refractivity contribution is -0.146. The Kier molecular flexibility index (Phi) is 7.93. The van der Waals surface area contributed by atoms with Crippen LogP contribution in [0.25, 0.3) is 0 Å². The molecule has 3 aliphatic rings. The van der Waals surface area contributed by atoms with Crippen molar-refractivity contribution in [3.05, 3.63) is 53.6 Å². The molecule has 7 heteroatoms. The first kappa shape index (κ1) is 26.5. The Hall–Kier alpha value is -3.06. The molecule has 7 nitrogen and oxygen atoms in total. The number of amides is 2. The van der Waals surface area contributed by atoms with Gasteiger partial charge in [0.1, 0.15) is 0 Å². The molecule has 2 aromatic rings. The Labute approximate surface area is 227 Å². The van der Waals surface area contributed by atoms with Gasteiger partial charge >= 0.3 is 11.8 Å². The SMILES string of the molecule is CCc1cc(NC(=O)C(=O)N2C[C@@H](C)CC[C@@H]2c2ccc(N3CC[C@@H]4CCN(C)C[C@@H]4C3)cc2)ccc1N. The molecule has 0 spiro atoms. The minimum absolute atomic E-state index is 0.0890. The lowest BCUT2D eigenvalue weighted by atomic mass is 9.80. The summed E-state index contributed by atoms with van der Waals surface area (Å²) in [6.45, 7) is 9.40. The summed E-state index contributed by atoms with van der Waals surface area (Å²) in [4.78, 5) is 33.2. The molecule has 3 fully saturated rings. The number of nitrogens with two attached hydrogens (primary N) is 1. The summed E-state index contributed by atoms with van der Waals surface area (Å²) in [5, 5.41) is 2.81. The van der Waals surface area contributed by atoms with Crippen molar-refractivity contribution in [1.29, 1.82) is 0 Å². The molecule has 4 atom stereocenters. The van der Waals surface area contributed by atoms with Crippen LogP contribution in [-0.2, 0) is 16.0 Å². The molecular weight excluding hydrogens is 474 g/mol. The third-order valence-corrected chi connectivity index (χ3v) is 9.02. The van der Waals surface area contributed by atoms with Crippen LogP contribution in [0, 0.1) is 17.8 Å². The molecule has 2 aromatic carbocycles. The Bertz CT molecular complexity index is 1150. The Morgan fingerprint density at radius 2 is 1.71 bits per heavy atom. The fourth-order valence-electron chi connectivity index (χ4n) is 6.72. The fourth-order valence-corrected chi connectivity index (χ4v) is 6.72. The van der Waals surface area contributed by atoms with Gasteiger partial charge in [0.25, 0.3) is 0 Å². The maximum Gasteiger partial charge on any atom is 0.313 e. The summed E-state index contributed by atoms with van der Waals surface area (Å²) >= 11 is 0. The zero-order chi connectivity index (χ0) is 26.8. The molecule has 3 N–H and O–H groups in total. The molecule has 38 heavy (non-hydrogen) atoms. The Balaban J connectivity index is 1.27. The van der Waals surface area contributed by atoms with Gasteiger partial charge in [0, 0.05) is 43.2 Å². The predicted octanol–water partition coefficient (Wildman–Crippen LogP) is 4.55. The number of anilines is 3. The first-order chi connectivity index (χ1) is 18.3. The Morgan fingerprint density at radius 1 is 0.947 bits per heavy atom. The van der Waals surface area contributed by atoms with Crippen LogP contribution in [0.4, 0.5) is 17.1 Å². The van der Waals surface area contributed by atoms with Crippen molar-refractivity contribution in [1.82, 2.24) is 9.80 Å². The number of benzene rings is 2. The number of hydrogen-bond acceptors (Lipinski definition) is 5. The van der Waals surface area contributed by atoms with E-state index in [1.54, 1.807) is 17.0 Å². The molecule has 0 aromatic heterocycles. The van der Waals surface area contributed by atoms with Gasteiger partial charge in [-0.25, -0.2) is 0 Å². The van der Waals surface area contributed by atoms with E-state index in [4.69, 9.17) is 5.73 Å². The molecular formula is C31H43N5O2. The predicted molar refractivity (Wildman–Crippen MR) is 154 cm³/mol. The van der Waals surface area contributed by atoms with E-state index in [0.717, 1.165) is 55.3 Å². The summed E-state index contributed by atoms with van der Waals surface area (Å²) in [5.41, 5.74) is 10.6. The second-order valence-electron chi connectivity index (χ2n) is 11.8. The molecule has 3 aliphatic heterocycles. The average Bonchev–Trinajstić information content (AvgIpc) is 2.93. The molecule has 0 radical (unpaired) electrons. The lowest BCUT2D eigenvalue weighted by Crippen LogP contribution is -2.49. The van der Waals surface area contributed by atoms with Crippen molar-refractivity contribution in [2.24, 2.45) is 17.8 Å². The molecule has 2 amide bonds. The average molecular weight is 518 g/mol. The van der Waals surface area contributed by atoms with Gasteiger partial charge in [0.05, 0.1) is 6.04 Å². The monoisotopic (exact) mass is 517 g/mol. The van der Waals surface area contributed by atoms with E-state index in [2.05, 4.69) is 53.4 Å². The van der Waals surface area contributed by atoms with Crippen molar-refractivity contribution in [2.75, 3.05) is 55.7 Å². The fraction of sp³-hybridized carbons (Fsp3) is 0.548. The summed E-state index contributed by atoms with van der Waals surface area (Å²) < 4.78 is 0. The molecule has 0 aliphatic carbocycles. The third kappa shape index (κ3) is 5.68. The number of carbonyl (C=O) groups is 2. The number of fused-ring (bicyclic) bond motifs is 1. The summed E-state index contributed by atoms with van der Waals surface area (Å²) in [5.74, 6) is 0.902. The molecule has 3 saturated heterocycles. The highest BCUT2D eigenvalue weighted by molar-refractivity contribution is 6.39. The maximum absolute atomic E-state index is 13.4.